The number of H-pyrrole nitrogens is 2. The molecule has 5 rings (SSSR count). The van der Waals surface area contributed by atoms with Gasteiger partial charge in [0.1, 0.15) is 0 Å². The number of amides is 1. The summed E-state index contributed by atoms with van der Waals surface area (Å²) in [5.41, 5.74) is 2.53. The summed E-state index contributed by atoms with van der Waals surface area (Å²) in [6.07, 6.45) is 2.10. The average molecular weight is 485 g/mol. The smallest absolute Gasteiger partial charge is 0.323 e. The summed E-state index contributed by atoms with van der Waals surface area (Å²) in [4.78, 5) is 29.4. The summed E-state index contributed by atoms with van der Waals surface area (Å²) >= 11 is 7.35. The van der Waals surface area contributed by atoms with Gasteiger partial charge in [0.05, 0.1) is 29.4 Å². The molecule has 0 aliphatic carbocycles. The third kappa shape index (κ3) is 4.97. The van der Waals surface area contributed by atoms with Gasteiger partial charge in [-0.3, -0.25) is 9.36 Å². The first-order chi connectivity index (χ1) is 16.0. The van der Waals surface area contributed by atoms with Crippen LogP contribution in [0.2, 0.25) is 5.02 Å². The molecule has 3 N–H and O–H groups in total. The van der Waals surface area contributed by atoms with Crippen molar-refractivity contribution in [3.05, 3.63) is 58.0 Å². The summed E-state index contributed by atoms with van der Waals surface area (Å²) in [6, 6.07) is 12.6. The molecule has 0 unspecified atom stereocenters. The van der Waals surface area contributed by atoms with E-state index in [0.717, 1.165) is 25.0 Å². The quantitative estimate of drug-likeness (QED) is 0.344. The first kappa shape index (κ1) is 21.7. The summed E-state index contributed by atoms with van der Waals surface area (Å²) in [5.74, 6) is 0.690. The van der Waals surface area contributed by atoms with E-state index < -0.39 is 0 Å². The van der Waals surface area contributed by atoms with Crippen LogP contribution in [0.4, 0.5) is 5.69 Å². The van der Waals surface area contributed by atoms with Gasteiger partial charge in [0, 0.05) is 22.9 Å². The molecular formula is C22H21ClN6O3S. The molecule has 9 nitrogen and oxygen atoms in total. The normalized spacial score (nSPS) is 15.8. The maximum absolute atomic E-state index is 12.6. The first-order valence-electron chi connectivity index (χ1n) is 10.5. The largest absolute Gasteiger partial charge is 0.376 e. The van der Waals surface area contributed by atoms with Crippen LogP contribution >= 0.6 is 23.4 Å². The Labute approximate surface area is 197 Å². The van der Waals surface area contributed by atoms with E-state index in [1.54, 1.807) is 18.2 Å². The monoisotopic (exact) mass is 484 g/mol. The van der Waals surface area contributed by atoms with Gasteiger partial charge in [-0.05, 0) is 55.3 Å². The third-order valence-corrected chi connectivity index (χ3v) is 6.58. The van der Waals surface area contributed by atoms with E-state index in [1.807, 2.05) is 28.8 Å². The minimum absolute atomic E-state index is 0.0930. The van der Waals surface area contributed by atoms with Crippen molar-refractivity contribution in [2.24, 2.45) is 0 Å². The fourth-order valence-corrected chi connectivity index (χ4v) is 4.68. The van der Waals surface area contributed by atoms with Crippen molar-refractivity contribution in [3.8, 4) is 11.4 Å². The van der Waals surface area contributed by atoms with Gasteiger partial charge < -0.3 is 20.0 Å². The van der Waals surface area contributed by atoms with Crippen molar-refractivity contribution in [2.45, 2.75) is 30.6 Å². The predicted octanol–water partition coefficient (Wildman–Crippen LogP) is 3.68. The van der Waals surface area contributed by atoms with Gasteiger partial charge in [0.25, 0.3) is 0 Å². The van der Waals surface area contributed by atoms with Crippen molar-refractivity contribution in [1.29, 1.82) is 0 Å². The number of ether oxygens (including phenoxy) is 1. The molecule has 0 bridgehead atoms. The molecule has 170 valence electrons. The molecule has 11 heteroatoms. The lowest BCUT2D eigenvalue weighted by molar-refractivity contribution is -0.113. The van der Waals surface area contributed by atoms with Crippen LogP contribution in [-0.4, -0.2) is 49.1 Å². The van der Waals surface area contributed by atoms with Crippen LogP contribution in [0.15, 0.2) is 52.4 Å². The van der Waals surface area contributed by atoms with Gasteiger partial charge in [-0.15, -0.1) is 10.2 Å². The number of carbonyl (C=O) groups is 1. The molecule has 2 aromatic heterocycles. The molecule has 1 aliphatic heterocycles. The highest BCUT2D eigenvalue weighted by molar-refractivity contribution is 7.99. The molecule has 1 atom stereocenters. The predicted molar refractivity (Wildman–Crippen MR) is 128 cm³/mol. The van der Waals surface area contributed by atoms with Crippen molar-refractivity contribution in [2.75, 3.05) is 17.7 Å². The molecule has 1 amide bonds. The number of rotatable bonds is 7. The lowest BCUT2D eigenvalue weighted by atomic mass is 10.2. The van der Waals surface area contributed by atoms with Crippen LogP contribution in [-0.2, 0) is 16.1 Å². The van der Waals surface area contributed by atoms with E-state index in [4.69, 9.17) is 16.3 Å². The highest BCUT2D eigenvalue weighted by atomic mass is 35.5. The molecule has 1 fully saturated rings. The van der Waals surface area contributed by atoms with Gasteiger partial charge in [-0.1, -0.05) is 23.4 Å². The van der Waals surface area contributed by atoms with E-state index in [9.17, 15) is 9.59 Å². The van der Waals surface area contributed by atoms with E-state index in [2.05, 4.69) is 25.5 Å². The lowest BCUT2D eigenvalue weighted by Gasteiger charge is -2.14. The van der Waals surface area contributed by atoms with Crippen molar-refractivity contribution in [3.63, 3.8) is 0 Å². The van der Waals surface area contributed by atoms with E-state index in [-0.39, 0.29) is 23.5 Å². The Kier molecular flexibility index (Phi) is 6.21. The van der Waals surface area contributed by atoms with Crippen LogP contribution in [0.5, 0.6) is 0 Å². The number of nitrogens with one attached hydrogen (secondary N) is 3. The average Bonchev–Trinajstić information content (AvgIpc) is 3.53. The zero-order valence-corrected chi connectivity index (χ0v) is 19.1. The molecule has 0 spiro atoms. The first-order valence-corrected chi connectivity index (χ1v) is 11.9. The molecule has 4 aromatic rings. The standard InChI is InChI=1S/C22H21ClN6O3S/c23-14-5-3-13(4-6-14)20-27-28-22(29(20)11-16-2-1-9-32-16)33-12-19(30)24-15-7-8-17-18(10-15)26-21(31)25-17/h3-8,10,16H,1-2,9,11-12H2,(H,24,30)(H2,25,26,31)/t16-/m0/s1. The highest BCUT2D eigenvalue weighted by Crippen LogP contribution is 2.27. The fraction of sp³-hybridized carbons (Fsp3) is 0.273. The molecule has 33 heavy (non-hydrogen) atoms. The Morgan fingerprint density at radius 3 is 2.79 bits per heavy atom. The van der Waals surface area contributed by atoms with Gasteiger partial charge in [0.15, 0.2) is 11.0 Å². The van der Waals surface area contributed by atoms with E-state index in [1.165, 1.54) is 11.8 Å². The third-order valence-electron chi connectivity index (χ3n) is 5.36. The molecule has 1 saturated heterocycles. The van der Waals surface area contributed by atoms with E-state index in [0.29, 0.717) is 39.3 Å². The topological polar surface area (TPSA) is 118 Å². The number of benzene rings is 2. The summed E-state index contributed by atoms with van der Waals surface area (Å²) in [7, 11) is 0. The second kappa shape index (κ2) is 9.42. The second-order valence-electron chi connectivity index (χ2n) is 7.74. The fourth-order valence-electron chi connectivity index (χ4n) is 3.80. The SMILES string of the molecule is O=C(CSc1nnc(-c2ccc(Cl)cc2)n1C[C@@H]1CCCO1)Nc1ccc2[nH]c(=O)[nH]c2c1. The van der Waals surface area contributed by atoms with Crippen LogP contribution in [0.1, 0.15) is 12.8 Å². The Morgan fingerprint density at radius 2 is 2.00 bits per heavy atom. The van der Waals surface area contributed by atoms with Gasteiger partial charge >= 0.3 is 5.69 Å². The van der Waals surface area contributed by atoms with Crippen LogP contribution in [0.25, 0.3) is 22.4 Å². The maximum Gasteiger partial charge on any atom is 0.323 e. The number of aromatic nitrogens is 5. The van der Waals surface area contributed by atoms with Crippen molar-refractivity contribution in [1.82, 2.24) is 24.7 Å². The Balaban J connectivity index is 1.31. The maximum atomic E-state index is 12.6. The molecule has 2 aromatic carbocycles. The number of thioether (sulfide) groups is 1. The minimum atomic E-state index is -0.286. The molecule has 0 saturated carbocycles. The van der Waals surface area contributed by atoms with E-state index >= 15 is 0 Å². The molecule has 1 aliphatic rings. The molecule has 0 radical (unpaired) electrons. The number of fused-ring (bicyclic) bond motifs is 1. The molecular weight excluding hydrogens is 464 g/mol. The molecule has 3 heterocycles. The summed E-state index contributed by atoms with van der Waals surface area (Å²) in [5, 5.41) is 12.9. The summed E-state index contributed by atoms with van der Waals surface area (Å²) in [6.45, 7) is 1.37. The number of hydrogen-bond donors (Lipinski definition) is 3. The lowest BCUT2D eigenvalue weighted by Crippen LogP contribution is -2.18. The number of nitrogens with zero attached hydrogens (tertiary/aromatic N) is 3. The Hall–Kier alpha value is -3.08. The van der Waals surface area contributed by atoms with Gasteiger partial charge in [-0.25, -0.2) is 4.79 Å². The minimum Gasteiger partial charge on any atom is -0.376 e. The van der Waals surface area contributed by atoms with Crippen molar-refractivity contribution < 1.29 is 9.53 Å². The number of aromatic amines is 2. The number of halogens is 1. The van der Waals surface area contributed by atoms with Crippen LogP contribution in [0, 0.1) is 0 Å². The second-order valence-corrected chi connectivity index (χ2v) is 9.11. The summed E-state index contributed by atoms with van der Waals surface area (Å²) < 4.78 is 7.83. The number of anilines is 1. The van der Waals surface area contributed by atoms with Crippen LogP contribution < -0.4 is 11.0 Å². The zero-order valence-electron chi connectivity index (χ0n) is 17.5. The Bertz CT molecular complexity index is 1340. The number of hydrogen-bond acceptors (Lipinski definition) is 6. The van der Waals surface area contributed by atoms with Gasteiger partial charge in [0.2, 0.25) is 5.91 Å². The number of carbonyl (C=O) groups excluding carboxylic acids is 1. The zero-order chi connectivity index (χ0) is 22.8. The van der Waals surface area contributed by atoms with Gasteiger partial charge in [-0.2, -0.15) is 0 Å². The number of imidazole rings is 1. The van der Waals surface area contributed by atoms with Crippen LogP contribution in [0.3, 0.4) is 0 Å². The van der Waals surface area contributed by atoms with Crippen molar-refractivity contribution >= 4 is 46.0 Å². The Morgan fingerprint density at radius 1 is 1.18 bits per heavy atom. The highest BCUT2D eigenvalue weighted by Gasteiger charge is 2.22.